The summed E-state index contributed by atoms with van der Waals surface area (Å²) in [6.07, 6.45) is 7.05. The lowest BCUT2D eigenvalue weighted by atomic mass is 9.99. The maximum Gasteiger partial charge on any atom is 0.354 e. The molecule has 3 fully saturated rings. The predicted octanol–water partition coefficient (Wildman–Crippen LogP) is 6.48. The van der Waals surface area contributed by atoms with Crippen LogP contribution in [-0.4, -0.2) is 34.3 Å². The lowest BCUT2D eigenvalue weighted by Crippen LogP contribution is -2.23. The molecule has 3 aliphatic rings. The zero-order chi connectivity index (χ0) is 25.3. The number of pyridine rings is 1. The fraction of sp³-hybridized carbons (Fsp3) is 0.323. The first-order valence-electron chi connectivity index (χ1n) is 13.1. The maximum atomic E-state index is 11.3. The van der Waals surface area contributed by atoms with Crippen molar-refractivity contribution < 1.29 is 14.4 Å². The fourth-order valence-electron chi connectivity index (χ4n) is 6.11. The van der Waals surface area contributed by atoms with Gasteiger partial charge in [-0.2, -0.15) is 0 Å². The Morgan fingerprint density at radius 2 is 1.84 bits per heavy atom. The second-order valence-electron chi connectivity index (χ2n) is 10.9. The summed E-state index contributed by atoms with van der Waals surface area (Å²) in [5, 5.41) is 14.8. The van der Waals surface area contributed by atoms with E-state index in [-0.39, 0.29) is 5.69 Å². The number of piperidine rings is 1. The minimum atomic E-state index is -0.991. The molecule has 2 aromatic heterocycles. The van der Waals surface area contributed by atoms with Crippen LogP contribution in [0, 0.1) is 31.6 Å². The highest BCUT2D eigenvalue weighted by Gasteiger charge is 2.54. The van der Waals surface area contributed by atoms with Gasteiger partial charge >= 0.3 is 5.97 Å². The van der Waals surface area contributed by atoms with Gasteiger partial charge in [0.25, 0.3) is 0 Å². The highest BCUT2D eigenvalue weighted by molar-refractivity contribution is 5.92. The zero-order valence-corrected chi connectivity index (χ0v) is 21.0. The Kier molecular flexibility index (Phi) is 5.00. The van der Waals surface area contributed by atoms with E-state index in [1.807, 2.05) is 13.0 Å². The van der Waals surface area contributed by atoms with Gasteiger partial charge in [0, 0.05) is 41.2 Å². The summed E-state index contributed by atoms with van der Waals surface area (Å²) in [6.45, 7) is 6.15. The van der Waals surface area contributed by atoms with Gasteiger partial charge in [-0.3, -0.25) is 0 Å². The molecule has 6 nitrogen and oxygen atoms in total. The molecule has 4 aromatic rings. The highest BCUT2D eigenvalue weighted by Crippen LogP contribution is 2.54. The number of hydrogen-bond acceptors (Lipinski definition) is 5. The molecule has 2 saturated carbocycles. The molecule has 3 heterocycles. The lowest BCUT2D eigenvalue weighted by Gasteiger charge is -2.22. The minimum Gasteiger partial charge on any atom is -0.477 e. The molecule has 2 aliphatic carbocycles. The number of hydrogen-bond donors (Lipinski definition) is 1. The summed E-state index contributed by atoms with van der Waals surface area (Å²) < 4.78 is 5.87. The first-order chi connectivity index (χ1) is 18.0. The fourth-order valence-corrected chi connectivity index (χ4v) is 6.11. The zero-order valence-electron chi connectivity index (χ0n) is 21.0. The van der Waals surface area contributed by atoms with Gasteiger partial charge in [0.1, 0.15) is 17.1 Å². The maximum absolute atomic E-state index is 11.3. The molecular weight excluding hydrogens is 462 g/mol. The van der Waals surface area contributed by atoms with E-state index >= 15 is 0 Å². The summed E-state index contributed by atoms with van der Waals surface area (Å²) in [5.41, 5.74) is 7.45. The summed E-state index contributed by atoms with van der Waals surface area (Å²) in [4.78, 5) is 18.1. The van der Waals surface area contributed by atoms with Gasteiger partial charge in [0.05, 0.1) is 5.52 Å². The molecule has 0 radical (unpaired) electrons. The van der Waals surface area contributed by atoms with Crippen molar-refractivity contribution in [1.29, 1.82) is 0 Å². The van der Waals surface area contributed by atoms with Crippen molar-refractivity contribution in [2.75, 3.05) is 18.0 Å². The van der Waals surface area contributed by atoms with Crippen molar-refractivity contribution >= 4 is 28.6 Å². The third-order valence-corrected chi connectivity index (χ3v) is 8.43. The molecule has 0 amide bonds. The molecule has 2 atom stereocenters. The number of anilines is 1. The number of nitrogens with zero attached hydrogens (tertiary/aromatic N) is 3. The number of carbonyl (C=O) groups is 1. The number of aromatic nitrogens is 2. The van der Waals surface area contributed by atoms with Gasteiger partial charge in [-0.25, -0.2) is 9.78 Å². The standard InChI is InChI=1S/C31H29N3O3/c1-17-5-3-4-6-21(17)29-23(30(37-33-29)19-7-8-19)11-10-22-25-15-34(16-26(22)25)20-9-12-27-24(14-20)18(2)13-28(32-27)31(35)36/h3-6,9-14,19,22,25-26H,7-8,15-16H2,1-2H3,(H,35,36)/b11-10+. The molecule has 37 heavy (non-hydrogen) atoms. The predicted molar refractivity (Wildman–Crippen MR) is 144 cm³/mol. The number of allylic oxidation sites excluding steroid dienone is 1. The van der Waals surface area contributed by atoms with E-state index in [1.54, 1.807) is 6.07 Å². The third kappa shape index (κ3) is 3.82. The Bertz CT molecular complexity index is 1570. The van der Waals surface area contributed by atoms with Crippen molar-refractivity contribution in [3.63, 3.8) is 0 Å². The van der Waals surface area contributed by atoms with Crippen LogP contribution in [0.1, 0.15) is 51.7 Å². The van der Waals surface area contributed by atoms with E-state index in [1.165, 1.54) is 24.1 Å². The molecule has 0 bridgehead atoms. The van der Waals surface area contributed by atoms with Crippen LogP contribution in [0.15, 0.2) is 59.1 Å². The van der Waals surface area contributed by atoms with Gasteiger partial charge < -0.3 is 14.5 Å². The molecular formula is C31H29N3O3. The van der Waals surface area contributed by atoms with Crippen molar-refractivity contribution in [2.24, 2.45) is 17.8 Å². The van der Waals surface area contributed by atoms with Gasteiger partial charge in [0.15, 0.2) is 0 Å². The van der Waals surface area contributed by atoms with E-state index in [0.717, 1.165) is 52.1 Å². The number of fused-ring (bicyclic) bond motifs is 2. The van der Waals surface area contributed by atoms with Crippen molar-refractivity contribution in [2.45, 2.75) is 32.6 Å². The Labute approximate surface area is 215 Å². The van der Waals surface area contributed by atoms with Crippen LogP contribution in [0.25, 0.3) is 28.2 Å². The smallest absolute Gasteiger partial charge is 0.354 e. The molecule has 1 N–H and O–H groups in total. The van der Waals surface area contributed by atoms with Crippen LogP contribution in [0.2, 0.25) is 0 Å². The Hall–Kier alpha value is -3.93. The van der Waals surface area contributed by atoms with Crippen LogP contribution < -0.4 is 4.90 Å². The van der Waals surface area contributed by atoms with Gasteiger partial charge in [-0.05, 0) is 79.8 Å². The summed E-state index contributed by atoms with van der Waals surface area (Å²) >= 11 is 0. The molecule has 0 spiro atoms. The van der Waals surface area contributed by atoms with Crippen LogP contribution in [0.3, 0.4) is 0 Å². The number of benzene rings is 2. The van der Waals surface area contributed by atoms with E-state index in [2.05, 4.69) is 70.5 Å². The second kappa shape index (κ2) is 8.30. The lowest BCUT2D eigenvalue weighted by molar-refractivity contribution is 0.0691. The van der Waals surface area contributed by atoms with E-state index < -0.39 is 5.97 Å². The molecule has 186 valence electrons. The van der Waals surface area contributed by atoms with Crippen molar-refractivity contribution in [1.82, 2.24) is 10.1 Å². The first kappa shape index (κ1) is 22.3. The van der Waals surface area contributed by atoms with Crippen LogP contribution >= 0.6 is 0 Å². The Morgan fingerprint density at radius 3 is 2.57 bits per heavy atom. The molecule has 2 aromatic carbocycles. The number of rotatable bonds is 6. The monoisotopic (exact) mass is 491 g/mol. The average Bonchev–Trinajstić information content (AvgIpc) is 3.76. The number of carboxylic acid groups (broad SMARTS) is 1. The normalized spacial score (nSPS) is 22.6. The van der Waals surface area contributed by atoms with E-state index in [9.17, 15) is 9.90 Å². The molecule has 6 heteroatoms. The van der Waals surface area contributed by atoms with Gasteiger partial charge in [-0.15, -0.1) is 0 Å². The molecule has 1 saturated heterocycles. The van der Waals surface area contributed by atoms with Crippen LogP contribution in [0.5, 0.6) is 0 Å². The van der Waals surface area contributed by atoms with Crippen LogP contribution in [-0.2, 0) is 0 Å². The summed E-state index contributed by atoms with van der Waals surface area (Å²) in [6, 6.07) is 16.2. The SMILES string of the molecule is Cc1ccccc1-c1noc(C2CC2)c1/C=C/C1C2CN(c3ccc4nc(C(=O)O)cc(C)c4c3)CC12. The van der Waals surface area contributed by atoms with Crippen LogP contribution in [0.4, 0.5) is 5.69 Å². The first-order valence-corrected chi connectivity index (χ1v) is 13.1. The van der Waals surface area contributed by atoms with Crippen molar-refractivity contribution in [3.05, 3.63) is 82.8 Å². The largest absolute Gasteiger partial charge is 0.477 e. The Balaban J connectivity index is 1.09. The molecule has 1 aliphatic heterocycles. The third-order valence-electron chi connectivity index (χ3n) is 8.43. The number of carboxylic acids is 1. The second-order valence-corrected chi connectivity index (χ2v) is 10.9. The highest BCUT2D eigenvalue weighted by atomic mass is 16.5. The number of aryl methyl sites for hydroxylation is 2. The van der Waals surface area contributed by atoms with Gasteiger partial charge in [0.2, 0.25) is 0 Å². The van der Waals surface area contributed by atoms with E-state index in [4.69, 9.17) is 4.52 Å². The topological polar surface area (TPSA) is 79.5 Å². The molecule has 2 unspecified atom stereocenters. The summed E-state index contributed by atoms with van der Waals surface area (Å²) in [5.74, 6) is 2.47. The quantitative estimate of drug-likeness (QED) is 0.333. The number of aromatic carboxylic acids is 1. The summed E-state index contributed by atoms with van der Waals surface area (Å²) in [7, 11) is 0. The minimum absolute atomic E-state index is 0.0954. The van der Waals surface area contributed by atoms with Gasteiger partial charge in [-0.1, -0.05) is 41.6 Å². The average molecular weight is 492 g/mol. The Morgan fingerprint density at radius 1 is 1.05 bits per heavy atom. The van der Waals surface area contributed by atoms with Crippen molar-refractivity contribution in [3.8, 4) is 11.3 Å². The van der Waals surface area contributed by atoms with E-state index in [0.29, 0.717) is 23.7 Å². The molecule has 7 rings (SSSR count).